The Morgan fingerprint density at radius 3 is 2.20 bits per heavy atom. The van der Waals surface area contributed by atoms with E-state index in [1.807, 2.05) is 13.8 Å². The molecule has 3 aromatic rings. The highest BCUT2D eigenvalue weighted by Gasteiger charge is 2.47. The molecule has 1 aliphatic heterocycles. The predicted molar refractivity (Wildman–Crippen MR) is 149 cm³/mol. The number of hydrogen-bond donors (Lipinski definition) is 2. The van der Waals surface area contributed by atoms with E-state index in [-0.39, 0.29) is 29.2 Å². The molecule has 0 bridgehead atoms. The van der Waals surface area contributed by atoms with Gasteiger partial charge >= 0.3 is 5.97 Å². The molecule has 9 nitrogen and oxygen atoms in total. The minimum absolute atomic E-state index is 0.000732. The van der Waals surface area contributed by atoms with E-state index in [2.05, 4.69) is 0 Å². The topological polar surface area (TPSA) is 123 Å². The fourth-order valence-corrected chi connectivity index (χ4v) is 4.48. The molecule has 1 amide bonds. The van der Waals surface area contributed by atoms with Crippen molar-refractivity contribution in [3.8, 4) is 17.2 Å². The van der Waals surface area contributed by atoms with Crippen LogP contribution < -0.4 is 14.4 Å². The van der Waals surface area contributed by atoms with Crippen molar-refractivity contribution in [1.82, 2.24) is 0 Å². The number of hydrogen-bond acceptors (Lipinski definition) is 8. The van der Waals surface area contributed by atoms with E-state index < -0.39 is 29.5 Å². The summed E-state index contributed by atoms with van der Waals surface area (Å²) < 4.78 is 16.5. The summed E-state index contributed by atoms with van der Waals surface area (Å²) in [5.41, 5.74) is 1.19. The number of nitrogens with zero attached hydrogens (tertiary/aromatic N) is 1. The molecule has 9 heteroatoms. The first kappa shape index (κ1) is 28.2. The molecule has 4 rings (SSSR count). The molecular formula is C31H31NO8. The second kappa shape index (κ2) is 12.4. The molecule has 40 heavy (non-hydrogen) atoms. The van der Waals surface area contributed by atoms with Gasteiger partial charge in [0, 0.05) is 11.8 Å². The van der Waals surface area contributed by atoms with Crippen LogP contribution in [0.2, 0.25) is 0 Å². The van der Waals surface area contributed by atoms with E-state index in [1.165, 1.54) is 29.2 Å². The van der Waals surface area contributed by atoms with Gasteiger partial charge < -0.3 is 24.4 Å². The number of rotatable bonds is 10. The third-order valence-electron chi connectivity index (χ3n) is 6.29. The molecule has 3 aromatic carbocycles. The third-order valence-corrected chi connectivity index (χ3v) is 6.29. The number of aromatic hydroxyl groups is 1. The smallest absolute Gasteiger partial charge is 0.338 e. The van der Waals surface area contributed by atoms with Crippen molar-refractivity contribution in [2.45, 2.75) is 33.2 Å². The molecule has 0 spiro atoms. The molecule has 1 saturated heterocycles. The van der Waals surface area contributed by atoms with Crippen LogP contribution >= 0.6 is 0 Å². The highest BCUT2D eigenvalue weighted by Crippen LogP contribution is 2.44. The van der Waals surface area contributed by atoms with E-state index in [0.29, 0.717) is 42.2 Å². The number of ketones is 1. The number of carbonyl (C=O) groups is 3. The van der Waals surface area contributed by atoms with Gasteiger partial charge in [0.1, 0.15) is 23.0 Å². The SMILES string of the molecule is CCCOC(=O)c1ccc(N2C(=O)C(=O)/C(=C(\O)c3ccc(OCC)cc3OCC)C2c2ccc(O)cc2)cc1. The Labute approximate surface area is 232 Å². The molecule has 0 saturated carbocycles. The molecule has 208 valence electrons. The molecule has 1 unspecified atom stereocenters. The van der Waals surface area contributed by atoms with Crippen molar-refractivity contribution in [2.75, 3.05) is 24.7 Å². The maximum atomic E-state index is 13.5. The van der Waals surface area contributed by atoms with E-state index in [4.69, 9.17) is 14.2 Å². The number of carbonyl (C=O) groups excluding carboxylic acids is 3. The van der Waals surface area contributed by atoms with Gasteiger partial charge in [0.05, 0.1) is 42.6 Å². The van der Waals surface area contributed by atoms with Crippen LogP contribution in [0.1, 0.15) is 54.7 Å². The Bertz CT molecular complexity index is 1430. The molecular weight excluding hydrogens is 514 g/mol. The Kier molecular flexibility index (Phi) is 8.73. The maximum Gasteiger partial charge on any atom is 0.338 e. The summed E-state index contributed by atoms with van der Waals surface area (Å²) in [5, 5.41) is 21.4. The summed E-state index contributed by atoms with van der Waals surface area (Å²) in [6.07, 6.45) is 0.681. The zero-order valence-corrected chi connectivity index (χ0v) is 22.5. The Morgan fingerprint density at radius 2 is 1.57 bits per heavy atom. The first-order valence-corrected chi connectivity index (χ1v) is 13.1. The van der Waals surface area contributed by atoms with Gasteiger partial charge in [-0.3, -0.25) is 14.5 Å². The van der Waals surface area contributed by atoms with Crippen molar-refractivity contribution in [1.29, 1.82) is 0 Å². The molecule has 1 atom stereocenters. The number of phenols is 1. The van der Waals surface area contributed by atoms with Crippen molar-refractivity contribution in [3.05, 3.63) is 89.0 Å². The van der Waals surface area contributed by atoms with Crippen molar-refractivity contribution in [2.24, 2.45) is 0 Å². The minimum atomic E-state index is -1.03. The number of phenolic OH excluding ortho intramolecular Hbond substituents is 1. The lowest BCUT2D eigenvalue weighted by Gasteiger charge is -2.26. The lowest BCUT2D eigenvalue weighted by molar-refractivity contribution is -0.132. The second-order valence-electron chi connectivity index (χ2n) is 8.97. The van der Waals surface area contributed by atoms with Crippen molar-refractivity contribution < 1.29 is 38.8 Å². The standard InChI is InChI=1S/C31H31NO8/c1-4-17-40-31(37)20-7-11-21(12-8-20)32-27(19-9-13-22(33)14-10-19)26(29(35)30(32)36)28(34)24-16-15-23(38-5-2)18-25(24)39-6-3/h7-16,18,27,33-34H,4-6,17H2,1-3H3/b28-26-. The van der Waals surface area contributed by atoms with Crippen LogP contribution in [0.4, 0.5) is 5.69 Å². The molecule has 1 fully saturated rings. The number of esters is 1. The monoisotopic (exact) mass is 545 g/mol. The van der Waals surface area contributed by atoms with Gasteiger partial charge in [0.25, 0.3) is 11.7 Å². The number of anilines is 1. The maximum absolute atomic E-state index is 13.5. The number of amides is 1. The molecule has 0 aromatic heterocycles. The van der Waals surface area contributed by atoms with E-state index in [9.17, 15) is 24.6 Å². The molecule has 0 aliphatic carbocycles. The van der Waals surface area contributed by atoms with Gasteiger partial charge in [-0.15, -0.1) is 0 Å². The summed E-state index contributed by atoms with van der Waals surface area (Å²) in [5.74, 6) is -1.84. The van der Waals surface area contributed by atoms with E-state index in [1.54, 1.807) is 49.4 Å². The van der Waals surface area contributed by atoms with Gasteiger partial charge in [0.15, 0.2) is 0 Å². The number of Topliss-reactive ketones (excluding diaryl/α,β-unsaturated/α-hetero) is 1. The summed E-state index contributed by atoms with van der Waals surface area (Å²) >= 11 is 0. The normalized spacial score (nSPS) is 16.2. The van der Waals surface area contributed by atoms with Crippen LogP contribution in [0.25, 0.3) is 5.76 Å². The third kappa shape index (κ3) is 5.63. The first-order chi connectivity index (χ1) is 19.3. The van der Waals surface area contributed by atoms with Gasteiger partial charge in [-0.05, 0) is 74.4 Å². The summed E-state index contributed by atoms with van der Waals surface area (Å²) in [4.78, 5) is 40.5. The summed E-state index contributed by atoms with van der Waals surface area (Å²) in [7, 11) is 0. The molecule has 1 heterocycles. The summed E-state index contributed by atoms with van der Waals surface area (Å²) in [6.45, 7) is 6.52. The van der Waals surface area contributed by atoms with Gasteiger partial charge in [-0.2, -0.15) is 0 Å². The quantitative estimate of drug-likeness (QED) is 0.151. The Hall–Kier alpha value is -4.79. The van der Waals surface area contributed by atoms with Gasteiger partial charge in [-0.25, -0.2) is 4.79 Å². The fourth-order valence-electron chi connectivity index (χ4n) is 4.48. The van der Waals surface area contributed by atoms with Gasteiger partial charge in [-0.1, -0.05) is 19.1 Å². The highest BCUT2D eigenvalue weighted by atomic mass is 16.5. The summed E-state index contributed by atoms with van der Waals surface area (Å²) in [6, 6.07) is 15.9. The number of ether oxygens (including phenoxy) is 3. The molecule has 1 aliphatic rings. The van der Waals surface area contributed by atoms with Crippen LogP contribution in [-0.4, -0.2) is 47.7 Å². The lowest BCUT2D eigenvalue weighted by atomic mass is 9.94. The zero-order chi connectivity index (χ0) is 28.8. The number of aliphatic hydroxyl groups excluding tert-OH is 1. The molecule has 0 radical (unpaired) electrons. The lowest BCUT2D eigenvalue weighted by Crippen LogP contribution is -2.29. The average Bonchev–Trinajstić information content (AvgIpc) is 3.22. The highest BCUT2D eigenvalue weighted by molar-refractivity contribution is 6.51. The van der Waals surface area contributed by atoms with Crippen LogP contribution in [0.5, 0.6) is 17.2 Å². The predicted octanol–water partition coefficient (Wildman–Crippen LogP) is 5.38. The average molecular weight is 546 g/mol. The largest absolute Gasteiger partial charge is 0.508 e. The van der Waals surface area contributed by atoms with Crippen LogP contribution in [0, 0.1) is 0 Å². The number of aliphatic hydroxyl groups is 1. The first-order valence-electron chi connectivity index (χ1n) is 13.1. The van der Waals surface area contributed by atoms with Crippen molar-refractivity contribution >= 4 is 29.1 Å². The van der Waals surface area contributed by atoms with E-state index in [0.717, 1.165) is 0 Å². The van der Waals surface area contributed by atoms with E-state index >= 15 is 0 Å². The van der Waals surface area contributed by atoms with Crippen molar-refractivity contribution in [3.63, 3.8) is 0 Å². The zero-order valence-electron chi connectivity index (χ0n) is 22.5. The minimum Gasteiger partial charge on any atom is -0.508 e. The fraction of sp³-hybridized carbons (Fsp3) is 0.258. The Morgan fingerprint density at radius 1 is 0.900 bits per heavy atom. The second-order valence-corrected chi connectivity index (χ2v) is 8.97. The number of benzene rings is 3. The van der Waals surface area contributed by atoms with Gasteiger partial charge in [0.2, 0.25) is 0 Å². The van der Waals surface area contributed by atoms with Crippen LogP contribution in [0.3, 0.4) is 0 Å². The Balaban J connectivity index is 1.85. The van der Waals surface area contributed by atoms with Crippen LogP contribution in [0.15, 0.2) is 72.3 Å². The molecule has 2 N–H and O–H groups in total. The van der Waals surface area contributed by atoms with Crippen LogP contribution in [-0.2, 0) is 14.3 Å².